The zero-order valence-corrected chi connectivity index (χ0v) is 25.6. The molecule has 14 heteroatoms. The van der Waals surface area contributed by atoms with E-state index in [0.29, 0.717) is 33.4 Å². The van der Waals surface area contributed by atoms with Gasteiger partial charge in [-0.05, 0) is 65.0 Å². The molecule has 0 fully saturated rings. The van der Waals surface area contributed by atoms with Crippen LogP contribution in [0.4, 0.5) is 22.1 Å². The number of benzene rings is 1. The van der Waals surface area contributed by atoms with E-state index in [9.17, 15) is 13.8 Å². The van der Waals surface area contributed by atoms with E-state index in [-0.39, 0.29) is 11.5 Å². The topological polar surface area (TPSA) is 163 Å². The lowest BCUT2D eigenvalue weighted by atomic mass is 10.2. The molecular formula is C28H34N8O5S. The van der Waals surface area contributed by atoms with Crippen molar-refractivity contribution in [1.29, 1.82) is 0 Å². The fraction of sp³-hybridized carbons (Fsp3) is 0.357. The van der Waals surface area contributed by atoms with Crippen molar-refractivity contribution in [1.82, 2.24) is 24.5 Å². The second-order valence-corrected chi connectivity index (χ2v) is 13.3. The summed E-state index contributed by atoms with van der Waals surface area (Å²) in [6.07, 6.45) is 2.45. The number of aryl methyl sites for hydroxylation is 1. The molecule has 1 aromatic carbocycles. The van der Waals surface area contributed by atoms with Crippen molar-refractivity contribution in [2.24, 2.45) is 11.4 Å². The molecule has 1 unspecified atom stereocenters. The average Bonchev–Trinajstić information content (AvgIpc) is 3.27. The van der Waals surface area contributed by atoms with Crippen molar-refractivity contribution in [2.75, 3.05) is 24.8 Å². The number of hydrogen-bond acceptors (Lipinski definition) is 11. The predicted octanol–water partition coefficient (Wildman–Crippen LogP) is 5.17. The van der Waals surface area contributed by atoms with Crippen LogP contribution in [0, 0.1) is 0 Å². The standard InChI is InChI=1S/C28H34N8O5S/c1-16(2)42(39,35-27(38)41-28(3,4)5)18-11-9-17(10-12-18)31-24-22(26(37)40-8)33-21(23(29-6)34-24)25-32-19-13-14-30-15-20(19)36(25)7/h9-16H,1-8H3,(H2,29,31,34). The van der Waals surface area contributed by atoms with Gasteiger partial charge in [0.05, 0.1) is 34.1 Å². The smallest absolute Gasteiger partial charge is 0.442 e. The van der Waals surface area contributed by atoms with Crippen LogP contribution in [0.5, 0.6) is 0 Å². The molecule has 0 saturated carbocycles. The number of carbonyl (C=O) groups excluding carboxylic acids is 2. The van der Waals surface area contributed by atoms with E-state index in [1.807, 2.05) is 11.6 Å². The fourth-order valence-electron chi connectivity index (χ4n) is 4.03. The van der Waals surface area contributed by atoms with Gasteiger partial charge < -0.3 is 24.7 Å². The van der Waals surface area contributed by atoms with Crippen LogP contribution in [-0.2, 0) is 26.3 Å². The number of carbonyl (C=O) groups is 2. The van der Waals surface area contributed by atoms with Gasteiger partial charge in [-0.3, -0.25) is 4.98 Å². The second kappa shape index (κ2) is 11.7. The first-order chi connectivity index (χ1) is 19.8. The van der Waals surface area contributed by atoms with Crippen LogP contribution in [0.1, 0.15) is 45.1 Å². The Bertz CT molecular complexity index is 1770. The Kier molecular flexibility index (Phi) is 8.48. The van der Waals surface area contributed by atoms with E-state index < -0.39 is 32.6 Å². The number of imidazole rings is 1. The third-order valence-electron chi connectivity index (χ3n) is 6.10. The lowest BCUT2D eigenvalue weighted by Crippen LogP contribution is -2.24. The number of ether oxygens (including phenoxy) is 2. The third kappa shape index (κ3) is 6.17. The molecule has 0 bridgehead atoms. The molecule has 222 valence electrons. The quantitative estimate of drug-likeness (QED) is 0.271. The van der Waals surface area contributed by atoms with Crippen molar-refractivity contribution < 1.29 is 23.3 Å². The van der Waals surface area contributed by atoms with E-state index in [2.05, 4.69) is 34.9 Å². The van der Waals surface area contributed by atoms with Crippen LogP contribution < -0.4 is 10.6 Å². The van der Waals surface area contributed by atoms with E-state index >= 15 is 0 Å². The number of anilines is 3. The van der Waals surface area contributed by atoms with Gasteiger partial charge in [0.1, 0.15) is 11.3 Å². The van der Waals surface area contributed by atoms with Gasteiger partial charge in [-0.15, -0.1) is 4.36 Å². The molecule has 0 spiro atoms. The Morgan fingerprint density at radius 3 is 2.31 bits per heavy atom. The highest BCUT2D eigenvalue weighted by Crippen LogP contribution is 2.31. The van der Waals surface area contributed by atoms with Crippen molar-refractivity contribution >= 4 is 50.1 Å². The molecule has 0 aliphatic rings. The average molecular weight is 595 g/mol. The Hall–Kier alpha value is -4.59. The summed E-state index contributed by atoms with van der Waals surface area (Å²) in [6, 6.07) is 8.28. The number of nitrogens with zero attached hydrogens (tertiary/aromatic N) is 6. The zero-order chi connectivity index (χ0) is 30.8. The molecule has 4 rings (SSSR count). The van der Waals surface area contributed by atoms with Crippen LogP contribution in [0.2, 0.25) is 0 Å². The fourth-order valence-corrected chi connectivity index (χ4v) is 5.68. The highest BCUT2D eigenvalue weighted by Gasteiger charge is 2.25. The van der Waals surface area contributed by atoms with Gasteiger partial charge in [0.15, 0.2) is 23.2 Å². The van der Waals surface area contributed by atoms with Gasteiger partial charge in [0, 0.05) is 36.1 Å². The van der Waals surface area contributed by atoms with Crippen molar-refractivity contribution in [3.8, 4) is 11.5 Å². The maximum absolute atomic E-state index is 13.8. The van der Waals surface area contributed by atoms with Crippen LogP contribution >= 0.6 is 0 Å². The Labute approximate surface area is 244 Å². The van der Waals surface area contributed by atoms with Gasteiger partial charge in [0.25, 0.3) is 0 Å². The number of nitrogens with one attached hydrogen (secondary N) is 2. The molecule has 1 amide bonds. The number of aromatic nitrogens is 5. The first kappa shape index (κ1) is 30.4. The molecule has 0 radical (unpaired) electrons. The van der Waals surface area contributed by atoms with E-state index in [1.54, 1.807) is 84.4 Å². The van der Waals surface area contributed by atoms with Crippen LogP contribution in [-0.4, -0.2) is 65.8 Å². The minimum atomic E-state index is -3.14. The summed E-state index contributed by atoms with van der Waals surface area (Å²) in [4.78, 5) is 43.6. The third-order valence-corrected chi connectivity index (χ3v) is 8.75. The lowest BCUT2D eigenvalue weighted by Gasteiger charge is -2.19. The largest absolute Gasteiger partial charge is 0.464 e. The summed E-state index contributed by atoms with van der Waals surface area (Å²) < 4.78 is 29.8. The highest BCUT2D eigenvalue weighted by molar-refractivity contribution is 7.94. The summed E-state index contributed by atoms with van der Waals surface area (Å²) in [6.45, 7) is 8.59. The van der Waals surface area contributed by atoms with Gasteiger partial charge in [-0.1, -0.05) is 0 Å². The summed E-state index contributed by atoms with van der Waals surface area (Å²) >= 11 is 0. The molecule has 2 N–H and O–H groups in total. The molecule has 3 aromatic heterocycles. The molecule has 1 atom stereocenters. The highest BCUT2D eigenvalue weighted by atomic mass is 32.2. The molecule has 0 saturated heterocycles. The van der Waals surface area contributed by atoms with E-state index in [0.717, 1.165) is 5.52 Å². The van der Waals surface area contributed by atoms with E-state index in [4.69, 9.17) is 9.47 Å². The SMILES string of the molecule is CNc1nc(Nc2ccc(S(=O)(=NC(=O)OC(C)(C)C)C(C)C)cc2)c(C(=O)OC)nc1-c1nc2ccncc2n1C. The molecule has 4 aromatic rings. The van der Waals surface area contributed by atoms with Gasteiger partial charge in [-0.2, -0.15) is 0 Å². The molecular weight excluding hydrogens is 560 g/mol. The molecule has 13 nitrogen and oxygen atoms in total. The van der Waals surface area contributed by atoms with E-state index in [1.165, 1.54) is 7.11 Å². The normalized spacial score (nSPS) is 13.0. The molecule has 0 aliphatic carbocycles. The molecule has 3 heterocycles. The first-order valence-electron chi connectivity index (χ1n) is 13.1. The number of hydrogen-bond donors (Lipinski definition) is 2. The Balaban J connectivity index is 1.74. The lowest BCUT2D eigenvalue weighted by molar-refractivity contribution is 0.0589. The van der Waals surface area contributed by atoms with Crippen LogP contribution in [0.25, 0.3) is 22.6 Å². The number of methoxy groups -OCH3 is 1. The number of rotatable bonds is 7. The maximum Gasteiger partial charge on any atom is 0.442 e. The number of esters is 1. The summed E-state index contributed by atoms with van der Waals surface area (Å²) in [5.41, 5.74) is 1.53. The van der Waals surface area contributed by atoms with Crippen LogP contribution in [0.3, 0.4) is 0 Å². The van der Waals surface area contributed by atoms with Gasteiger partial charge >= 0.3 is 12.1 Å². The van der Waals surface area contributed by atoms with Crippen molar-refractivity contribution in [2.45, 2.75) is 50.4 Å². The molecule has 0 aliphatic heterocycles. The zero-order valence-electron chi connectivity index (χ0n) is 24.8. The van der Waals surface area contributed by atoms with Gasteiger partial charge in [0.2, 0.25) is 0 Å². The van der Waals surface area contributed by atoms with Crippen molar-refractivity contribution in [3.63, 3.8) is 0 Å². The number of fused-ring (bicyclic) bond motifs is 1. The Morgan fingerprint density at radius 2 is 1.74 bits per heavy atom. The van der Waals surface area contributed by atoms with Crippen LogP contribution in [0.15, 0.2) is 52.0 Å². The minimum absolute atomic E-state index is 0.0633. The summed E-state index contributed by atoms with van der Waals surface area (Å²) in [5, 5.41) is 5.65. The number of pyridine rings is 1. The second-order valence-electron chi connectivity index (χ2n) is 10.6. The predicted molar refractivity (Wildman–Crippen MR) is 160 cm³/mol. The maximum atomic E-state index is 13.8. The number of amides is 1. The van der Waals surface area contributed by atoms with Gasteiger partial charge in [-0.25, -0.2) is 28.7 Å². The Morgan fingerprint density at radius 1 is 1.05 bits per heavy atom. The van der Waals surface area contributed by atoms with Crippen molar-refractivity contribution in [3.05, 3.63) is 48.4 Å². The summed E-state index contributed by atoms with van der Waals surface area (Å²) in [7, 11) is 1.63. The monoisotopic (exact) mass is 594 g/mol. The summed E-state index contributed by atoms with van der Waals surface area (Å²) in [5.74, 6) is 0.274. The minimum Gasteiger partial charge on any atom is -0.464 e. The molecule has 42 heavy (non-hydrogen) atoms. The first-order valence-corrected chi connectivity index (χ1v) is 14.7.